The van der Waals surface area contributed by atoms with Gasteiger partial charge in [-0.05, 0) is 50.4 Å². The number of halogens is 1. The van der Waals surface area contributed by atoms with Crippen LogP contribution in [0.2, 0.25) is 5.02 Å². The number of hydrogen-bond donors (Lipinski definition) is 1. The van der Waals surface area contributed by atoms with Gasteiger partial charge >= 0.3 is 0 Å². The number of benzene rings is 1. The maximum absolute atomic E-state index is 6.31. The molecule has 3 nitrogen and oxygen atoms in total. The van der Waals surface area contributed by atoms with Crippen molar-refractivity contribution in [3.05, 3.63) is 23.2 Å². The van der Waals surface area contributed by atoms with E-state index in [0.717, 1.165) is 17.9 Å². The number of hydrogen-bond acceptors (Lipinski definition) is 3. The molecule has 1 N–H and O–H groups in total. The van der Waals surface area contributed by atoms with Crippen LogP contribution in [0.5, 0.6) is 5.75 Å². The number of nitrogens with one attached hydrogen (secondary N) is 1. The maximum atomic E-state index is 6.31. The van der Waals surface area contributed by atoms with Crippen molar-refractivity contribution in [1.82, 2.24) is 4.90 Å². The summed E-state index contributed by atoms with van der Waals surface area (Å²) < 4.78 is 5.63. The summed E-state index contributed by atoms with van der Waals surface area (Å²) in [4.78, 5) is 2.64. The molecule has 21 heavy (non-hydrogen) atoms. The van der Waals surface area contributed by atoms with Crippen molar-refractivity contribution >= 4 is 17.3 Å². The molecule has 0 bridgehead atoms. The Kier molecular flexibility index (Phi) is 4.91. The fourth-order valence-electron chi connectivity index (χ4n) is 3.55. The molecular formula is C17H25ClN2O. The van der Waals surface area contributed by atoms with E-state index in [1.165, 1.54) is 38.8 Å². The van der Waals surface area contributed by atoms with Gasteiger partial charge < -0.3 is 10.1 Å². The first-order valence-corrected chi connectivity index (χ1v) is 8.58. The average Bonchev–Trinajstić information content (AvgIpc) is 2.90. The fourth-order valence-corrected chi connectivity index (χ4v) is 3.78. The van der Waals surface area contributed by atoms with Gasteiger partial charge in [-0.1, -0.05) is 24.9 Å². The Morgan fingerprint density at radius 2 is 2.19 bits per heavy atom. The summed E-state index contributed by atoms with van der Waals surface area (Å²) in [5, 5.41) is 4.38. The first-order chi connectivity index (χ1) is 10.3. The molecule has 3 rings (SSSR count). The summed E-state index contributed by atoms with van der Waals surface area (Å²) in [5.74, 6) is 0.787. The van der Waals surface area contributed by atoms with Gasteiger partial charge in [0.25, 0.3) is 0 Å². The number of piperidine rings is 1. The third kappa shape index (κ3) is 3.46. The SMILES string of the molecule is CCCOc1ccc(NC2CCN3CCCCC23)cc1Cl. The Balaban J connectivity index is 1.63. The van der Waals surface area contributed by atoms with Crippen LogP contribution in [-0.4, -0.2) is 36.7 Å². The quantitative estimate of drug-likeness (QED) is 0.883. The first kappa shape index (κ1) is 15.0. The standard InChI is InChI=1S/C17H25ClN2O/c1-2-11-21-17-7-6-13(12-14(17)18)19-15-8-10-20-9-4-3-5-16(15)20/h6-7,12,15-16,19H,2-5,8-11H2,1H3. The van der Waals surface area contributed by atoms with E-state index < -0.39 is 0 Å². The van der Waals surface area contributed by atoms with Crippen LogP contribution in [0.3, 0.4) is 0 Å². The number of ether oxygens (including phenoxy) is 1. The number of rotatable bonds is 5. The van der Waals surface area contributed by atoms with E-state index in [4.69, 9.17) is 16.3 Å². The van der Waals surface area contributed by atoms with Crippen LogP contribution in [0.4, 0.5) is 5.69 Å². The van der Waals surface area contributed by atoms with Crippen molar-refractivity contribution in [1.29, 1.82) is 0 Å². The lowest BCUT2D eigenvalue weighted by Crippen LogP contribution is -2.41. The van der Waals surface area contributed by atoms with Gasteiger partial charge in [-0.3, -0.25) is 4.90 Å². The highest BCUT2D eigenvalue weighted by Crippen LogP contribution is 2.32. The predicted octanol–water partition coefficient (Wildman–Crippen LogP) is 4.17. The molecular weight excluding hydrogens is 284 g/mol. The number of fused-ring (bicyclic) bond motifs is 1. The van der Waals surface area contributed by atoms with Crippen LogP contribution >= 0.6 is 11.6 Å². The summed E-state index contributed by atoms with van der Waals surface area (Å²) in [5.41, 5.74) is 1.11. The van der Waals surface area contributed by atoms with Crippen molar-refractivity contribution in [3.63, 3.8) is 0 Å². The second kappa shape index (κ2) is 6.89. The monoisotopic (exact) mass is 308 g/mol. The minimum Gasteiger partial charge on any atom is -0.492 e. The average molecular weight is 309 g/mol. The molecule has 0 spiro atoms. The minimum atomic E-state index is 0.559. The number of nitrogens with zero attached hydrogens (tertiary/aromatic N) is 1. The molecule has 2 atom stereocenters. The lowest BCUT2D eigenvalue weighted by molar-refractivity contribution is 0.193. The molecule has 4 heteroatoms. The zero-order valence-corrected chi connectivity index (χ0v) is 13.5. The fraction of sp³-hybridized carbons (Fsp3) is 0.647. The molecule has 2 fully saturated rings. The van der Waals surface area contributed by atoms with E-state index in [-0.39, 0.29) is 0 Å². The largest absolute Gasteiger partial charge is 0.492 e. The van der Waals surface area contributed by atoms with Gasteiger partial charge in [0.05, 0.1) is 11.6 Å². The van der Waals surface area contributed by atoms with Gasteiger partial charge in [0, 0.05) is 24.3 Å². The maximum Gasteiger partial charge on any atom is 0.138 e. The second-order valence-corrected chi connectivity index (χ2v) is 6.54. The molecule has 2 unspecified atom stereocenters. The zero-order valence-electron chi connectivity index (χ0n) is 12.8. The topological polar surface area (TPSA) is 24.5 Å². The van der Waals surface area contributed by atoms with Crippen LogP contribution in [-0.2, 0) is 0 Å². The summed E-state index contributed by atoms with van der Waals surface area (Å²) in [6, 6.07) is 7.33. The van der Waals surface area contributed by atoms with E-state index in [1.54, 1.807) is 0 Å². The predicted molar refractivity (Wildman–Crippen MR) is 88.5 cm³/mol. The van der Waals surface area contributed by atoms with E-state index >= 15 is 0 Å². The van der Waals surface area contributed by atoms with E-state index in [1.807, 2.05) is 12.1 Å². The molecule has 2 aliphatic rings. The van der Waals surface area contributed by atoms with Gasteiger partial charge in [-0.2, -0.15) is 0 Å². The van der Waals surface area contributed by atoms with Crippen LogP contribution in [0.1, 0.15) is 39.0 Å². The van der Waals surface area contributed by atoms with Crippen molar-refractivity contribution in [2.75, 3.05) is 25.0 Å². The van der Waals surface area contributed by atoms with Gasteiger partial charge in [0.2, 0.25) is 0 Å². The van der Waals surface area contributed by atoms with E-state index in [0.29, 0.717) is 23.7 Å². The lowest BCUT2D eigenvalue weighted by Gasteiger charge is -2.33. The molecule has 2 saturated heterocycles. The Bertz CT molecular complexity index is 480. The van der Waals surface area contributed by atoms with Crippen molar-refractivity contribution in [2.45, 2.75) is 51.1 Å². The second-order valence-electron chi connectivity index (χ2n) is 6.13. The Hall–Kier alpha value is -0.930. The van der Waals surface area contributed by atoms with Crippen molar-refractivity contribution in [2.24, 2.45) is 0 Å². The minimum absolute atomic E-state index is 0.559. The summed E-state index contributed by atoms with van der Waals surface area (Å²) in [6.45, 7) is 5.31. The molecule has 2 aliphatic heterocycles. The van der Waals surface area contributed by atoms with Crippen molar-refractivity contribution < 1.29 is 4.74 Å². The molecule has 0 aliphatic carbocycles. The molecule has 1 aromatic rings. The van der Waals surface area contributed by atoms with Gasteiger partial charge in [0.15, 0.2) is 0 Å². The number of anilines is 1. The normalized spacial score (nSPS) is 25.6. The third-order valence-electron chi connectivity index (χ3n) is 4.60. The molecule has 0 saturated carbocycles. The highest BCUT2D eigenvalue weighted by Gasteiger charge is 2.35. The molecule has 0 radical (unpaired) electrons. The van der Waals surface area contributed by atoms with Crippen LogP contribution in [0.15, 0.2) is 18.2 Å². The van der Waals surface area contributed by atoms with Gasteiger partial charge in [-0.25, -0.2) is 0 Å². The Morgan fingerprint density at radius 3 is 3.00 bits per heavy atom. The van der Waals surface area contributed by atoms with E-state index in [9.17, 15) is 0 Å². The van der Waals surface area contributed by atoms with Gasteiger partial charge in [0.1, 0.15) is 5.75 Å². The first-order valence-electron chi connectivity index (χ1n) is 8.21. The van der Waals surface area contributed by atoms with Crippen LogP contribution < -0.4 is 10.1 Å². The van der Waals surface area contributed by atoms with Crippen LogP contribution in [0.25, 0.3) is 0 Å². The zero-order chi connectivity index (χ0) is 14.7. The summed E-state index contributed by atoms with van der Waals surface area (Å²) in [6.07, 6.45) is 6.28. The van der Waals surface area contributed by atoms with Gasteiger partial charge in [-0.15, -0.1) is 0 Å². The van der Waals surface area contributed by atoms with Crippen LogP contribution in [0, 0.1) is 0 Å². The third-order valence-corrected chi connectivity index (χ3v) is 4.90. The Labute approximate surface area is 132 Å². The highest BCUT2D eigenvalue weighted by molar-refractivity contribution is 6.32. The molecule has 0 aromatic heterocycles. The molecule has 2 heterocycles. The Morgan fingerprint density at radius 1 is 1.29 bits per heavy atom. The van der Waals surface area contributed by atoms with E-state index in [2.05, 4.69) is 23.2 Å². The summed E-state index contributed by atoms with van der Waals surface area (Å²) in [7, 11) is 0. The molecule has 0 amide bonds. The highest BCUT2D eigenvalue weighted by atomic mass is 35.5. The summed E-state index contributed by atoms with van der Waals surface area (Å²) >= 11 is 6.31. The lowest BCUT2D eigenvalue weighted by atomic mass is 9.99. The molecule has 116 valence electrons. The molecule has 1 aromatic carbocycles. The smallest absolute Gasteiger partial charge is 0.138 e. The van der Waals surface area contributed by atoms with Crippen molar-refractivity contribution in [3.8, 4) is 5.75 Å².